The molecule has 1 saturated carbocycles. The molecule has 6 heteroatoms. The van der Waals surface area contributed by atoms with E-state index in [4.69, 9.17) is 0 Å². The van der Waals surface area contributed by atoms with Gasteiger partial charge in [0.2, 0.25) is 15.9 Å². The second-order valence-corrected chi connectivity index (χ2v) is 6.94. The molecule has 1 amide bonds. The van der Waals surface area contributed by atoms with E-state index in [0.717, 1.165) is 19.4 Å². The highest BCUT2D eigenvalue weighted by Gasteiger charge is 2.39. The molecule has 1 unspecified atom stereocenters. The molecule has 1 heterocycles. The highest BCUT2D eigenvalue weighted by atomic mass is 32.2. The van der Waals surface area contributed by atoms with Gasteiger partial charge < -0.3 is 4.90 Å². The van der Waals surface area contributed by atoms with E-state index in [1.165, 1.54) is 0 Å². The molecular formula is C11H20N2O3S. The number of sulfonamides is 1. The highest BCUT2D eigenvalue weighted by molar-refractivity contribution is 7.89. The maximum absolute atomic E-state index is 11.7. The normalized spacial score (nSPS) is 25.6. The molecule has 2 rings (SSSR count). The quantitative estimate of drug-likeness (QED) is 0.748. The highest BCUT2D eigenvalue weighted by Crippen LogP contribution is 2.32. The van der Waals surface area contributed by atoms with Gasteiger partial charge >= 0.3 is 0 Å². The Bertz CT molecular complexity index is 390. The van der Waals surface area contributed by atoms with Crippen LogP contribution in [-0.2, 0) is 14.8 Å². The first kappa shape index (κ1) is 12.8. The second-order valence-electron chi connectivity index (χ2n) is 5.01. The number of amides is 1. The van der Waals surface area contributed by atoms with Crippen LogP contribution in [0.3, 0.4) is 0 Å². The Morgan fingerprint density at radius 2 is 2.12 bits per heavy atom. The van der Waals surface area contributed by atoms with E-state index < -0.39 is 10.0 Å². The van der Waals surface area contributed by atoms with Gasteiger partial charge in [0.1, 0.15) is 0 Å². The Hall–Kier alpha value is -0.620. The fourth-order valence-electron chi connectivity index (χ4n) is 2.27. The van der Waals surface area contributed by atoms with Crippen LogP contribution in [0.15, 0.2) is 0 Å². The van der Waals surface area contributed by atoms with E-state index in [1.54, 1.807) is 0 Å². The van der Waals surface area contributed by atoms with Crippen LogP contribution in [0.2, 0.25) is 0 Å². The minimum Gasteiger partial charge on any atom is -0.339 e. The van der Waals surface area contributed by atoms with Crippen LogP contribution in [0.5, 0.6) is 0 Å². The zero-order valence-electron chi connectivity index (χ0n) is 10.2. The molecule has 0 radical (unpaired) electrons. The Kier molecular flexibility index (Phi) is 3.73. The molecule has 1 aliphatic heterocycles. The number of hydrogen-bond donors (Lipinski definition) is 1. The summed E-state index contributed by atoms with van der Waals surface area (Å²) in [5.41, 5.74) is 0. The molecule has 1 aliphatic carbocycles. The summed E-state index contributed by atoms with van der Waals surface area (Å²) in [6.45, 7) is 2.96. The van der Waals surface area contributed by atoms with Gasteiger partial charge in [0.05, 0.1) is 5.75 Å². The molecule has 17 heavy (non-hydrogen) atoms. The van der Waals surface area contributed by atoms with Crippen molar-refractivity contribution in [3.8, 4) is 0 Å². The van der Waals surface area contributed by atoms with Gasteiger partial charge in [-0.15, -0.1) is 0 Å². The van der Waals surface area contributed by atoms with Gasteiger partial charge in [0, 0.05) is 25.6 Å². The third kappa shape index (κ3) is 3.42. The van der Waals surface area contributed by atoms with Gasteiger partial charge in [-0.25, -0.2) is 13.1 Å². The lowest BCUT2D eigenvalue weighted by Crippen LogP contribution is -2.33. The van der Waals surface area contributed by atoms with Crippen molar-refractivity contribution >= 4 is 15.9 Å². The van der Waals surface area contributed by atoms with E-state index >= 15 is 0 Å². The van der Waals surface area contributed by atoms with Crippen LogP contribution < -0.4 is 4.72 Å². The van der Waals surface area contributed by atoms with E-state index in [0.29, 0.717) is 25.4 Å². The van der Waals surface area contributed by atoms with Crippen LogP contribution in [-0.4, -0.2) is 44.1 Å². The summed E-state index contributed by atoms with van der Waals surface area (Å²) < 4.78 is 25.6. The number of hydrogen-bond acceptors (Lipinski definition) is 3. The first-order valence-corrected chi connectivity index (χ1v) is 7.94. The van der Waals surface area contributed by atoms with Crippen molar-refractivity contribution < 1.29 is 13.2 Å². The molecule has 2 aliphatic rings. The van der Waals surface area contributed by atoms with E-state index in [1.807, 2.05) is 11.8 Å². The molecule has 5 nitrogen and oxygen atoms in total. The molecule has 0 aromatic rings. The van der Waals surface area contributed by atoms with Gasteiger partial charge in [0.25, 0.3) is 0 Å². The van der Waals surface area contributed by atoms with Crippen LogP contribution in [0.25, 0.3) is 0 Å². The number of carbonyl (C=O) groups is 1. The summed E-state index contributed by atoms with van der Waals surface area (Å²) in [5.74, 6) is 0.502. The Balaban J connectivity index is 1.79. The van der Waals surface area contributed by atoms with Crippen LogP contribution in [0.4, 0.5) is 0 Å². The molecule has 98 valence electrons. The first-order valence-electron chi connectivity index (χ1n) is 6.28. The standard InChI is InChI=1S/C11H20N2O3S/c1-2-5-17(15,16)12-7-9-6-11(14)13(8-9)10-3-4-10/h9-10,12H,2-8H2,1H3. The fourth-order valence-corrected chi connectivity index (χ4v) is 3.44. The molecular weight excluding hydrogens is 240 g/mol. The Labute approximate surface area is 103 Å². The smallest absolute Gasteiger partial charge is 0.223 e. The molecule has 1 N–H and O–H groups in total. The molecule has 2 fully saturated rings. The molecule has 0 aromatic carbocycles. The SMILES string of the molecule is CCCS(=O)(=O)NCC1CC(=O)N(C2CC2)C1. The average molecular weight is 260 g/mol. The van der Waals surface area contributed by atoms with Gasteiger partial charge in [-0.05, 0) is 25.2 Å². The molecule has 0 bridgehead atoms. The van der Waals surface area contributed by atoms with Gasteiger partial charge in [-0.2, -0.15) is 0 Å². The van der Waals surface area contributed by atoms with Crippen molar-refractivity contribution in [2.75, 3.05) is 18.8 Å². The fraction of sp³-hybridized carbons (Fsp3) is 0.909. The van der Waals surface area contributed by atoms with Crippen molar-refractivity contribution in [3.05, 3.63) is 0 Å². The van der Waals surface area contributed by atoms with E-state index in [2.05, 4.69) is 4.72 Å². The molecule has 0 spiro atoms. The molecule has 1 saturated heterocycles. The summed E-state index contributed by atoms with van der Waals surface area (Å²) in [4.78, 5) is 13.6. The van der Waals surface area contributed by atoms with Crippen LogP contribution in [0, 0.1) is 5.92 Å². The van der Waals surface area contributed by atoms with Crippen LogP contribution >= 0.6 is 0 Å². The predicted octanol–water partition coefficient (Wildman–Crippen LogP) is 0.327. The summed E-state index contributed by atoms with van der Waals surface area (Å²) in [5, 5.41) is 0. The largest absolute Gasteiger partial charge is 0.339 e. The number of likely N-dealkylation sites (tertiary alicyclic amines) is 1. The van der Waals surface area contributed by atoms with Gasteiger partial charge in [-0.1, -0.05) is 6.92 Å². The maximum atomic E-state index is 11.7. The zero-order valence-corrected chi connectivity index (χ0v) is 11.0. The van der Waals surface area contributed by atoms with E-state index in [9.17, 15) is 13.2 Å². The van der Waals surface area contributed by atoms with Crippen molar-refractivity contribution in [1.82, 2.24) is 9.62 Å². The molecule has 0 aromatic heterocycles. The number of nitrogens with one attached hydrogen (secondary N) is 1. The lowest BCUT2D eigenvalue weighted by atomic mass is 10.1. The number of rotatable bonds is 6. The second kappa shape index (κ2) is 4.94. The van der Waals surface area contributed by atoms with Crippen molar-refractivity contribution in [3.63, 3.8) is 0 Å². The Morgan fingerprint density at radius 3 is 2.71 bits per heavy atom. The summed E-state index contributed by atoms with van der Waals surface area (Å²) in [6.07, 6.45) is 3.33. The zero-order chi connectivity index (χ0) is 12.5. The van der Waals surface area contributed by atoms with Crippen molar-refractivity contribution in [2.45, 2.75) is 38.6 Å². The van der Waals surface area contributed by atoms with E-state index in [-0.39, 0.29) is 17.6 Å². The third-order valence-electron chi connectivity index (χ3n) is 3.29. The van der Waals surface area contributed by atoms with Gasteiger partial charge in [0.15, 0.2) is 0 Å². The summed E-state index contributed by atoms with van der Waals surface area (Å²) >= 11 is 0. The topological polar surface area (TPSA) is 66.5 Å². The lowest BCUT2D eigenvalue weighted by molar-refractivity contribution is -0.128. The monoisotopic (exact) mass is 260 g/mol. The molecule has 1 atom stereocenters. The predicted molar refractivity (Wildman–Crippen MR) is 64.9 cm³/mol. The maximum Gasteiger partial charge on any atom is 0.223 e. The minimum atomic E-state index is -3.14. The number of nitrogens with zero attached hydrogens (tertiary/aromatic N) is 1. The average Bonchev–Trinajstić information content (AvgIpc) is 3.01. The number of carbonyl (C=O) groups excluding carboxylic acids is 1. The third-order valence-corrected chi connectivity index (χ3v) is 4.84. The van der Waals surface area contributed by atoms with Crippen molar-refractivity contribution in [1.29, 1.82) is 0 Å². The summed E-state index contributed by atoms with van der Waals surface area (Å²) in [6, 6.07) is 0.444. The first-order chi connectivity index (χ1) is 8.02. The minimum absolute atomic E-state index is 0.148. The Morgan fingerprint density at radius 1 is 1.41 bits per heavy atom. The van der Waals surface area contributed by atoms with Crippen molar-refractivity contribution in [2.24, 2.45) is 5.92 Å². The van der Waals surface area contributed by atoms with Gasteiger partial charge in [-0.3, -0.25) is 4.79 Å². The van der Waals surface area contributed by atoms with Crippen LogP contribution in [0.1, 0.15) is 32.6 Å². The lowest BCUT2D eigenvalue weighted by Gasteiger charge is -2.15. The summed E-state index contributed by atoms with van der Waals surface area (Å²) in [7, 11) is -3.14.